The summed E-state index contributed by atoms with van der Waals surface area (Å²) in [6.07, 6.45) is 4.55. The van der Waals surface area contributed by atoms with E-state index in [1.54, 1.807) is 38.2 Å². The van der Waals surface area contributed by atoms with Gasteiger partial charge in [-0.2, -0.15) is 5.10 Å². The molecule has 3 amide bonds. The molecule has 1 aromatic carbocycles. The quantitative estimate of drug-likeness (QED) is 0.322. The number of nitrogens with zero attached hydrogens (tertiary/aromatic N) is 4. The van der Waals surface area contributed by atoms with E-state index in [2.05, 4.69) is 20.7 Å². The van der Waals surface area contributed by atoms with Gasteiger partial charge in [-0.15, -0.1) is 0 Å². The summed E-state index contributed by atoms with van der Waals surface area (Å²) in [4.78, 5) is 55.8. The predicted molar refractivity (Wildman–Crippen MR) is 137 cm³/mol. The Hall–Kier alpha value is -4.48. The molecule has 4 rings (SSSR count). The van der Waals surface area contributed by atoms with Gasteiger partial charge in [0, 0.05) is 31.3 Å². The van der Waals surface area contributed by atoms with Gasteiger partial charge in [-0.1, -0.05) is 13.0 Å². The third-order valence-electron chi connectivity index (χ3n) is 6.05. The second-order valence-electron chi connectivity index (χ2n) is 9.05. The molecule has 0 atom stereocenters. The minimum Gasteiger partial charge on any atom is -0.428 e. The van der Waals surface area contributed by atoms with Crippen LogP contribution >= 0.6 is 0 Å². The second kappa shape index (κ2) is 11.3. The minimum absolute atomic E-state index is 0.128. The molecule has 0 unspecified atom stereocenters. The van der Waals surface area contributed by atoms with Gasteiger partial charge in [-0.3, -0.25) is 14.4 Å². The first-order valence-corrected chi connectivity index (χ1v) is 12.3. The van der Waals surface area contributed by atoms with Gasteiger partial charge >= 0.3 is 12.1 Å². The second-order valence-corrected chi connectivity index (χ2v) is 9.05. The third-order valence-corrected chi connectivity index (χ3v) is 6.05. The average molecular weight is 523 g/mol. The molecule has 38 heavy (non-hydrogen) atoms. The Kier molecular flexibility index (Phi) is 7.89. The lowest BCUT2D eigenvalue weighted by Gasteiger charge is -2.24. The van der Waals surface area contributed by atoms with Crippen molar-refractivity contribution in [3.8, 4) is 0 Å². The van der Waals surface area contributed by atoms with Crippen molar-refractivity contribution in [2.45, 2.75) is 53.0 Å². The molecule has 2 N–H and O–H groups in total. The Morgan fingerprint density at radius 1 is 1.13 bits per heavy atom. The normalized spacial score (nSPS) is 12.6. The molecule has 2 aromatic heterocycles. The molecule has 0 spiro atoms. The first-order chi connectivity index (χ1) is 18.2. The molecule has 1 saturated carbocycles. The van der Waals surface area contributed by atoms with E-state index in [1.807, 2.05) is 6.92 Å². The lowest BCUT2D eigenvalue weighted by atomic mass is 10.1. The highest BCUT2D eigenvalue weighted by atomic mass is 16.7. The predicted octanol–water partition coefficient (Wildman–Crippen LogP) is 3.17. The molecular formula is C26H30N6O6. The number of fused-ring (bicyclic) bond motifs is 1. The fraction of sp³-hybridized carbons (Fsp3) is 0.385. The van der Waals surface area contributed by atoms with Crippen molar-refractivity contribution in [2.24, 2.45) is 0 Å². The number of hydrogen-bond acceptors (Lipinski definition) is 8. The number of carbonyl (C=O) groups excluding carboxylic acids is 4. The van der Waals surface area contributed by atoms with Crippen LogP contribution in [0, 0.1) is 13.8 Å². The van der Waals surface area contributed by atoms with Crippen molar-refractivity contribution in [2.75, 3.05) is 18.2 Å². The summed E-state index contributed by atoms with van der Waals surface area (Å²) >= 11 is 0. The van der Waals surface area contributed by atoms with E-state index < -0.39 is 18.9 Å². The van der Waals surface area contributed by atoms with Gasteiger partial charge in [0.25, 0.3) is 11.8 Å². The molecule has 200 valence electrons. The van der Waals surface area contributed by atoms with E-state index in [1.165, 1.54) is 22.7 Å². The first kappa shape index (κ1) is 26.6. The lowest BCUT2D eigenvalue weighted by molar-refractivity contribution is -0.148. The summed E-state index contributed by atoms with van der Waals surface area (Å²) in [5, 5.41) is 10.0. The topological polar surface area (TPSA) is 144 Å². The van der Waals surface area contributed by atoms with E-state index in [0.717, 1.165) is 19.3 Å². The Morgan fingerprint density at radius 3 is 2.58 bits per heavy atom. The monoisotopic (exact) mass is 522 g/mol. The zero-order valence-electron chi connectivity index (χ0n) is 21.7. The van der Waals surface area contributed by atoms with E-state index in [-0.39, 0.29) is 23.7 Å². The van der Waals surface area contributed by atoms with Crippen LogP contribution in [0.5, 0.6) is 0 Å². The number of anilines is 2. The van der Waals surface area contributed by atoms with Crippen molar-refractivity contribution in [3.05, 3.63) is 53.0 Å². The largest absolute Gasteiger partial charge is 0.428 e. The van der Waals surface area contributed by atoms with Gasteiger partial charge in [0.05, 0.1) is 11.3 Å². The van der Waals surface area contributed by atoms with Crippen LogP contribution in [0.2, 0.25) is 0 Å². The summed E-state index contributed by atoms with van der Waals surface area (Å²) in [5.74, 6) is -1.03. The summed E-state index contributed by atoms with van der Waals surface area (Å²) in [7, 11) is 0. The first-order valence-electron chi connectivity index (χ1n) is 12.3. The number of carbonyl (C=O) groups is 4. The minimum atomic E-state index is -0.896. The zero-order valence-corrected chi connectivity index (χ0v) is 21.7. The molecule has 1 fully saturated rings. The van der Waals surface area contributed by atoms with Gasteiger partial charge in [0.2, 0.25) is 6.79 Å². The van der Waals surface area contributed by atoms with Crippen molar-refractivity contribution in [1.82, 2.24) is 25.2 Å². The number of amides is 3. The van der Waals surface area contributed by atoms with Crippen LogP contribution in [0.3, 0.4) is 0 Å². The van der Waals surface area contributed by atoms with E-state index in [9.17, 15) is 19.2 Å². The van der Waals surface area contributed by atoms with Crippen LogP contribution in [-0.4, -0.2) is 57.9 Å². The average Bonchev–Trinajstić information content (AvgIpc) is 3.63. The van der Waals surface area contributed by atoms with Crippen molar-refractivity contribution in [3.63, 3.8) is 0 Å². The fourth-order valence-electron chi connectivity index (χ4n) is 3.88. The molecule has 2 heterocycles. The maximum atomic E-state index is 13.4. The lowest BCUT2D eigenvalue weighted by Crippen LogP contribution is -2.31. The molecule has 12 nitrogen and oxygen atoms in total. The summed E-state index contributed by atoms with van der Waals surface area (Å²) in [6, 6.07) is 5.12. The highest BCUT2D eigenvalue weighted by Crippen LogP contribution is 2.34. The number of nitrogens with one attached hydrogen (secondary N) is 2. The van der Waals surface area contributed by atoms with Gasteiger partial charge in [-0.05, 0) is 56.4 Å². The van der Waals surface area contributed by atoms with Crippen LogP contribution in [0.25, 0.3) is 5.52 Å². The number of hydrogen-bond donors (Lipinski definition) is 2. The maximum absolute atomic E-state index is 13.4. The number of esters is 1. The van der Waals surface area contributed by atoms with Crippen LogP contribution in [0.4, 0.5) is 16.3 Å². The highest BCUT2D eigenvalue weighted by molar-refractivity contribution is 6.05. The van der Waals surface area contributed by atoms with Crippen LogP contribution < -0.4 is 15.5 Å². The van der Waals surface area contributed by atoms with E-state index in [0.29, 0.717) is 40.0 Å². The molecule has 0 aliphatic heterocycles. The van der Waals surface area contributed by atoms with Crippen LogP contribution in [-0.2, 0) is 14.3 Å². The van der Waals surface area contributed by atoms with Crippen molar-refractivity contribution in [1.29, 1.82) is 0 Å². The van der Waals surface area contributed by atoms with Crippen LogP contribution in [0.15, 0.2) is 30.7 Å². The van der Waals surface area contributed by atoms with Gasteiger partial charge in [-0.25, -0.2) is 19.2 Å². The van der Waals surface area contributed by atoms with Gasteiger partial charge in [0.15, 0.2) is 5.82 Å². The Balaban J connectivity index is 1.82. The molecule has 0 radical (unpaired) electrons. The number of aryl methyl sites for hydroxylation is 2. The molecule has 0 bridgehead atoms. The Morgan fingerprint density at radius 2 is 1.89 bits per heavy atom. The van der Waals surface area contributed by atoms with Crippen molar-refractivity contribution < 1.29 is 28.7 Å². The maximum Gasteiger partial charge on any atom is 0.423 e. The van der Waals surface area contributed by atoms with Crippen molar-refractivity contribution >= 4 is 40.9 Å². The number of ether oxygens (including phenoxy) is 2. The number of benzene rings is 1. The Labute approximate surface area is 219 Å². The van der Waals surface area contributed by atoms with Gasteiger partial charge in [0.1, 0.15) is 11.8 Å². The third kappa shape index (κ3) is 5.74. The standard InChI is InChI=1S/C26H30N6O6/c1-5-10-27-25(35)20-12-31-22(16(20)3)23(28-13-29-31)32(26(36)38-14-37-17(4)33)21-11-18(7-6-15(21)2)24(34)30-19-8-9-19/h6-7,11-13,19H,5,8-10,14H2,1-4H3,(H,27,35)(H,30,34). The SMILES string of the molecule is CCCNC(=O)c1cn2ncnc(N(C(=O)OCOC(C)=O)c3cc(C(=O)NC4CC4)ccc3C)c2c1C. The summed E-state index contributed by atoms with van der Waals surface area (Å²) in [5.41, 5.74) is 2.66. The van der Waals surface area contributed by atoms with E-state index in [4.69, 9.17) is 9.47 Å². The number of rotatable bonds is 9. The molecule has 0 saturated heterocycles. The molecule has 1 aliphatic carbocycles. The molecule has 1 aliphatic rings. The van der Waals surface area contributed by atoms with Gasteiger partial charge < -0.3 is 20.1 Å². The molecule has 12 heteroatoms. The van der Waals surface area contributed by atoms with E-state index >= 15 is 0 Å². The molecule has 3 aromatic rings. The van der Waals surface area contributed by atoms with Crippen LogP contribution in [0.1, 0.15) is 65.0 Å². The smallest absolute Gasteiger partial charge is 0.423 e. The highest BCUT2D eigenvalue weighted by Gasteiger charge is 2.30. The molecular weight excluding hydrogens is 492 g/mol. The summed E-state index contributed by atoms with van der Waals surface area (Å²) < 4.78 is 11.5. The zero-order chi connectivity index (χ0) is 27.4. The summed E-state index contributed by atoms with van der Waals surface area (Å²) in [6.45, 7) is 6.55. The fourth-order valence-corrected chi connectivity index (χ4v) is 3.88. The Bertz CT molecular complexity index is 1400. The number of aromatic nitrogens is 3.